The minimum atomic E-state index is -0.986. The van der Waals surface area contributed by atoms with Gasteiger partial charge in [-0.25, -0.2) is 9.59 Å². The fourth-order valence-electron chi connectivity index (χ4n) is 2.01. The van der Waals surface area contributed by atoms with Gasteiger partial charge in [0.25, 0.3) is 0 Å². The van der Waals surface area contributed by atoms with Crippen LogP contribution in [0.25, 0.3) is 0 Å². The molecule has 1 aliphatic rings. The van der Waals surface area contributed by atoms with Crippen LogP contribution in [0.5, 0.6) is 0 Å². The zero-order chi connectivity index (χ0) is 14.5. The average molecular weight is 290 g/mol. The van der Waals surface area contributed by atoms with Crippen molar-refractivity contribution in [3.05, 3.63) is 0 Å². The highest BCUT2D eigenvalue weighted by Gasteiger charge is 2.43. The van der Waals surface area contributed by atoms with E-state index in [0.29, 0.717) is 13.1 Å². The summed E-state index contributed by atoms with van der Waals surface area (Å²) >= 11 is 1.77. The Labute approximate surface area is 118 Å². The van der Waals surface area contributed by atoms with Gasteiger partial charge in [0.05, 0.1) is 13.1 Å². The molecule has 0 bridgehead atoms. The van der Waals surface area contributed by atoms with E-state index in [1.165, 1.54) is 0 Å². The van der Waals surface area contributed by atoms with Gasteiger partial charge in [-0.2, -0.15) is 11.8 Å². The van der Waals surface area contributed by atoms with Crippen molar-refractivity contribution < 1.29 is 19.4 Å². The molecule has 1 saturated heterocycles. The number of rotatable bonds is 7. The number of carbonyl (C=O) groups excluding carboxylic acids is 1. The number of hydrogen-bond acceptors (Lipinski definition) is 4. The number of carboxylic acid groups (broad SMARTS) is 1. The monoisotopic (exact) mass is 290 g/mol. The maximum absolute atomic E-state index is 12.0. The lowest BCUT2D eigenvalue weighted by atomic mass is 9.97. The third kappa shape index (κ3) is 4.91. The SMILES string of the molecule is CSCCCN(C)C(=O)N1CC(C)(OCC(=O)O)C1. The molecule has 0 aliphatic carbocycles. The van der Waals surface area contributed by atoms with Gasteiger partial charge >= 0.3 is 12.0 Å². The Balaban J connectivity index is 2.28. The van der Waals surface area contributed by atoms with Crippen LogP contribution in [0.4, 0.5) is 4.79 Å². The largest absolute Gasteiger partial charge is 0.480 e. The second-order valence-corrected chi connectivity index (χ2v) is 6.02. The van der Waals surface area contributed by atoms with E-state index in [2.05, 4.69) is 0 Å². The summed E-state index contributed by atoms with van der Waals surface area (Å²) in [6, 6.07) is -0.0162. The first-order chi connectivity index (χ1) is 8.88. The summed E-state index contributed by atoms with van der Waals surface area (Å²) in [5, 5.41) is 8.56. The number of hydrogen-bond donors (Lipinski definition) is 1. The Kier molecular flexibility index (Phi) is 5.93. The number of nitrogens with zero attached hydrogens (tertiary/aromatic N) is 2. The summed E-state index contributed by atoms with van der Waals surface area (Å²) in [6.07, 6.45) is 3.02. The lowest BCUT2D eigenvalue weighted by Gasteiger charge is -2.48. The number of amides is 2. The van der Waals surface area contributed by atoms with Crippen molar-refractivity contribution in [3.8, 4) is 0 Å². The van der Waals surface area contributed by atoms with Crippen LogP contribution >= 0.6 is 11.8 Å². The molecule has 0 atom stereocenters. The molecule has 110 valence electrons. The van der Waals surface area contributed by atoms with Crippen LogP contribution < -0.4 is 0 Å². The molecule has 1 heterocycles. The molecule has 0 aromatic rings. The quantitative estimate of drug-likeness (QED) is 0.707. The molecule has 0 saturated carbocycles. The zero-order valence-electron chi connectivity index (χ0n) is 11.7. The lowest BCUT2D eigenvalue weighted by Crippen LogP contribution is -2.65. The standard InChI is InChI=1S/C12H22N2O4S/c1-12(18-7-10(15)16)8-14(9-12)11(17)13(2)5-4-6-19-3/h4-9H2,1-3H3,(H,15,16). The molecule has 1 fully saturated rings. The number of carboxylic acids is 1. The van der Waals surface area contributed by atoms with Gasteiger partial charge in [0.2, 0.25) is 0 Å². The highest BCUT2D eigenvalue weighted by molar-refractivity contribution is 7.98. The fraction of sp³-hybridized carbons (Fsp3) is 0.833. The Morgan fingerprint density at radius 2 is 2.11 bits per heavy atom. The molecular weight excluding hydrogens is 268 g/mol. The van der Waals surface area contributed by atoms with Gasteiger partial charge in [-0.15, -0.1) is 0 Å². The molecule has 1 aliphatic heterocycles. The molecule has 0 spiro atoms. The van der Waals surface area contributed by atoms with Gasteiger partial charge in [0, 0.05) is 13.6 Å². The van der Waals surface area contributed by atoms with Gasteiger partial charge in [-0.3, -0.25) is 0 Å². The number of aliphatic carboxylic acids is 1. The molecule has 0 radical (unpaired) electrons. The van der Waals surface area contributed by atoms with Crippen LogP contribution in [-0.4, -0.2) is 77.8 Å². The Morgan fingerprint density at radius 3 is 2.63 bits per heavy atom. The molecule has 19 heavy (non-hydrogen) atoms. The van der Waals surface area contributed by atoms with Crippen molar-refractivity contribution in [1.82, 2.24) is 9.80 Å². The van der Waals surface area contributed by atoms with Gasteiger partial charge in [0.15, 0.2) is 0 Å². The van der Waals surface area contributed by atoms with Crippen molar-refractivity contribution in [1.29, 1.82) is 0 Å². The summed E-state index contributed by atoms with van der Waals surface area (Å²) in [5.41, 5.74) is -0.520. The zero-order valence-corrected chi connectivity index (χ0v) is 12.5. The summed E-state index contributed by atoms with van der Waals surface area (Å²) in [6.45, 7) is 3.15. The van der Waals surface area contributed by atoms with Crippen molar-refractivity contribution in [2.24, 2.45) is 0 Å². The van der Waals surface area contributed by atoms with E-state index >= 15 is 0 Å². The molecule has 7 heteroatoms. The highest BCUT2D eigenvalue weighted by atomic mass is 32.2. The van der Waals surface area contributed by atoms with Crippen molar-refractivity contribution in [3.63, 3.8) is 0 Å². The molecule has 1 rings (SSSR count). The van der Waals surface area contributed by atoms with E-state index in [-0.39, 0.29) is 12.6 Å². The third-order valence-corrected chi connectivity index (χ3v) is 3.73. The first-order valence-electron chi connectivity index (χ1n) is 6.23. The van der Waals surface area contributed by atoms with E-state index in [1.54, 1.807) is 28.6 Å². The number of ether oxygens (including phenoxy) is 1. The summed E-state index contributed by atoms with van der Waals surface area (Å²) in [4.78, 5) is 25.8. The van der Waals surface area contributed by atoms with Gasteiger partial charge in [-0.1, -0.05) is 0 Å². The van der Waals surface area contributed by atoms with Crippen LogP contribution in [0.3, 0.4) is 0 Å². The van der Waals surface area contributed by atoms with Crippen molar-refractivity contribution in [2.45, 2.75) is 18.9 Å². The van der Waals surface area contributed by atoms with Gasteiger partial charge in [-0.05, 0) is 25.4 Å². The summed E-state index contributed by atoms with van der Waals surface area (Å²) < 4.78 is 5.27. The Morgan fingerprint density at radius 1 is 1.47 bits per heavy atom. The fourth-order valence-corrected chi connectivity index (χ4v) is 2.42. The normalized spacial score (nSPS) is 16.9. The minimum absolute atomic E-state index is 0.0162. The highest BCUT2D eigenvalue weighted by Crippen LogP contribution is 2.25. The Bertz CT molecular complexity index is 332. The number of urea groups is 1. The number of likely N-dealkylation sites (tertiary alicyclic amines) is 1. The van der Waals surface area contributed by atoms with Crippen molar-refractivity contribution >= 4 is 23.8 Å². The lowest BCUT2D eigenvalue weighted by molar-refractivity contribution is -0.160. The topological polar surface area (TPSA) is 70.1 Å². The predicted molar refractivity (Wildman–Crippen MR) is 74.6 cm³/mol. The molecule has 0 unspecified atom stereocenters. The number of thioether (sulfide) groups is 1. The molecule has 0 aromatic carbocycles. The molecular formula is C12H22N2O4S. The van der Waals surface area contributed by atoms with E-state index < -0.39 is 11.6 Å². The predicted octanol–water partition coefficient (Wildman–Crippen LogP) is 0.967. The molecule has 0 aromatic heterocycles. The van der Waals surface area contributed by atoms with Crippen molar-refractivity contribution in [2.75, 3.05) is 45.3 Å². The third-order valence-electron chi connectivity index (χ3n) is 3.03. The van der Waals surface area contributed by atoms with Crippen LogP contribution in [0, 0.1) is 0 Å². The van der Waals surface area contributed by atoms with E-state index in [0.717, 1.165) is 18.7 Å². The van der Waals surface area contributed by atoms with E-state index in [4.69, 9.17) is 9.84 Å². The van der Waals surface area contributed by atoms with Gasteiger partial charge in [0.1, 0.15) is 12.2 Å². The first-order valence-corrected chi connectivity index (χ1v) is 7.62. The molecule has 2 amide bonds. The smallest absolute Gasteiger partial charge is 0.329 e. The van der Waals surface area contributed by atoms with Crippen LogP contribution in [0.15, 0.2) is 0 Å². The molecule has 6 nitrogen and oxygen atoms in total. The van der Waals surface area contributed by atoms with Crippen LogP contribution in [0.2, 0.25) is 0 Å². The Hall–Kier alpha value is -0.950. The van der Waals surface area contributed by atoms with Crippen LogP contribution in [0.1, 0.15) is 13.3 Å². The minimum Gasteiger partial charge on any atom is -0.480 e. The number of carbonyl (C=O) groups is 2. The second-order valence-electron chi connectivity index (χ2n) is 5.04. The van der Waals surface area contributed by atoms with E-state index in [9.17, 15) is 9.59 Å². The summed E-state index contributed by atoms with van der Waals surface area (Å²) in [5.74, 6) is 0.0528. The van der Waals surface area contributed by atoms with Gasteiger partial charge < -0.3 is 19.6 Å². The second kappa shape index (κ2) is 7.00. The first kappa shape index (κ1) is 16.1. The molecule has 1 N–H and O–H groups in total. The van der Waals surface area contributed by atoms with Crippen LogP contribution in [-0.2, 0) is 9.53 Å². The maximum atomic E-state index is 12.0. The maximum Gasteiger partial charge on any atom is 0.329 e. The summed E-state index contributed by atoms with van der Waals surface area (Å²) in [7, 11) is 1.79. The van der Waals surface area contributed by atoms with E-state index in [1.807, 2.05) is 13.2 Å². The average Bonchev–Trinajstić information content (AvgIpc) is 2.32.